The molecule has 0 amide bonds. The van der Waals surface area contributed by atoms with E-state index in [1.165, 1.54) is 14.7 Å². The monoisotopic (exact) mass is 358 g/mol. The van der Waals surface area contributed by atoms with Crippen LogP contribution in [0.3, 0.4) is 0 Å². The maximum absolute atomic E-state index is 2.28. The summed E-state index contributed by atoms with van der Waals surface area (Å²) in [5, 5.41) is 0. The van der Waals surface area contributed by atoms with Crippen LogP contribution >= 0.6 is 22.6 Å². The molecule has 0 aliphatic carbocycles. The molecule has 0 heterocycles. The molecule has 0 saturated carbocycles. The topological polar surface area (TPSA) is 0 Å². The maximum Gasteiger partial charge on any atom is 0.0130 e. The van der Waals surface area contributed by atoms with Crippen LogP contribution in [0.5, 0.6) is 0 Å². The highest BCUT2D eigenvalue weighted by Crippen LogP contribution is 2.17. The van der Waals surface area contributed by atoms with Gasteiger partial charge < -0.3 is 0 Å². The van der Waals surface area contributed by atoms with E-state index in [0.717, 1.165) is 0 Å². The molecular formula is C18H15I. The lowest BCUT2D eigenvalue weighted by Crippen LogP contribution is -1.73. The predicted molar refractivity (Wildman–Crippen MR) is 91.0 cm³/mol. The number of hydrogen-bond donors (Lipinski definition) is 0. The predicted octanol–water partition coefficient (Wildman–Crippen LogP) is 5.64. The van der Waals surface area contributed by atoms with Crippen molar-refractivity contribution < 1.29 is 0 Å². The van der Waals surface area contributed by atoms with Crippen LogP contribution < -0.4 is 0 Å². The van der Waals surface area contributed by atoms with E-state index in [1.54, 1.807) is 0 Å². The summed E-state index contributed by atoms with van der Waals surface area (Å²) in [7, 11) is 0. The van der Waals surface area contributed by atoms with E-state index in [1.807, 2.05) is 30.3 Å². The molecule has 0 nitrogen and oxygen atoms in total. The summed E-state index contributed by atoms with van der Waals surface area (Å²) in [6.07, 6.45) is 0. The molecule has 0 atom stereocenters. The van der Waals surface area contributed by atoms with Gasteiger partial charge in [0.05, 0.1) is 0 Å². The summed E-state index contributed by atoms with van der Waals surface area (Å²) < 4.78 is 1.29. The second-order valence-corrected chi connectivity index (χ2v) is 5.27. The molecule has 3 aromatic rings. The van der Waals surface area contributed by atoms with Crippen molar-refractivity contribution in [3.05, 3.63) is 94.6 Å². The largest absolute Gasteiger partial charge is 0.0622 e. The molecule has 19 heavy (non-hydrogen) atoms. The molecule has 3 rings (SSSR count). The van der Waals surface area contributed by atoms with E-state index in [0.29, 0.717) is 0 Å². The summed E-state index contributed by atoms with van der Waals surface area (Å²) in [5.74, 6) is 0. The molecule has 0 aromatic heterocycles. The van der Waals surface area contributed by atoms with Gasteiger partial charge in [0.2, 0.25) is 0 Å². The van der Waals surface area contributed by atoms with Gasteiger partial charge in [0.1, 0.15) is 0 Å². The van der Waals surface area contributed by atoms with Crippen molar-refractivity contribution in [3.8, 4) is 11.1 Å². The van der Waals surface area contributed by atoms with Crippen molar-refractivity contribution in [1.29, 1.82) is 0 Å². The smallest absolute Gasteiger partial charge is 0.0130 e. The summed E-state index contributed by atoms with van der Waals surface area (Å²) >= 11 is 2.28. The summed E-state index contributed by atoms with van der Waals surface area (Å²) in [6.45, 7) is 0. The second kappa shape index (κ2) is 7.74. The Kier molecular flexibility index (Phi) is 5.63. The average molecular weight is 358 g/mol. The molecule has 1 heteroatoms. The first-order valence-corrected chi connectivity index (χ1v) is 7.25. The molecule has 3 aromatic carbocycles. The molecule has 0 N–H and O–H groups in total. The van der Waals surface area contributed by atoms with Crippen LogP contribution in [0.1, 0.15) is 0 Å². The first-order chi connectivity index (χ1) is 9.36. The van der Waals surface area contributed by atoms with Crippen molar-refractivity contribution >= 4 is 22.6 Å². The Balaban J connectivity index is 0.000000163. The van der Waals surface area contributed by atoms with E-state index < -0.39 is 0 Å². The van der Waals surface area contributed by atoms with Gasteiger partial charge in [-0.3, -0.25) is 0 Å². The Labute approximate surface area is 128 Å². The number of benzene rings is 3. The fraction of sp³-hybridized carbons (Fsp3) is 0. The van der Waals surface area contributed by atoms with Crippen molar-refractivity contribution in [2.75, 3.05) is 0 Å². The van der Waals surface area contributed by atoms with Gasteiger partial charge in [0.15, 0.2) is 0 Å². The van der Waals surface area contributed by atoms with Gasteiger partial charge in [-0.05, 0) is 45.9 Å². The molecule has 0 fully saturated rings. The summed E-state index contributed by atoms with van der Waals surface area (Å²) in [6, 6.07) is 31.0. The van der Waals surface area contributed by atoms with Crippen LogP contribution in [0.25, 0.3) is 11.1 Å². The normalized spacial score (nSPS) is 9.32. The maximum atomic E-state index is 2.28. The van der Waals surface area contributed by atoms with Crippen LogP contribution in [0.15, 0.2) is 91.0 Å². The molecule has 0 unspecified atom stereocenters. The fourth-order valence-corrected chi connectivity index (χ4v) is 2.09. The second-order valence-electron chi connectivity index (χ2n) is 4.03. The van der Waals surface area contributed by atoms with Crippen molar-refractivity contribution in [1.82, 2.24) is 0 Å². The summed E-state index contributed by atoms with van der Waals surface area (Å²) in [4.78, 5) is 0. The van der Waals surface area contributed by atoms with Gasteiger partial charge in [-0.25, -0.2) is 0 Å². The molecule has 0 aliphatic heterocycles. The third-order valence-corrected chi connectivity index (χ3v) is 3.33. The van der Waals surface area contributed by atoms with Gasteiger partial charge >= 0.3 is 0 Å². The van der Waals surface area contributed by atoms with E-state index in [9.17, 15) is 0 Å². The van der Waals surface area contributed by atoms with Crippen molar-refractivity contribution in [2.24, 2.45) is 0 Å². The quantitative estimate of drug-likeness (QED) is 0.494. The van der Waals surface area contributed by atoms with Crippen LogP contribution in [0, 0.1) is 3.57 Å². The lowest BCUT2D eigenvalue weighted by atomic mass is 10.1. The molecule has 0 bridgehead atoms. The number of halogens is 1. The Hall–Kier alpha value is -1.61. The standard InChI is InChI=1S/C12H10.C6H5I/c1-3-7-11(8-4-1)12-9-5-2-6-10-12;7-6-4-2-1-3-5-6/h1-10H;1-5H. The average Bonchev–Trinajstić information content (AvgIpc) is 2.51. The molecule has 0 radical (unpaired) electrons. The lowest BCUT2D eigenvalue weighted by Gasteiger charge is -1.98. The fourth-order valence-electron chi connectivity index (χ4n) is 1.68. The lowest BCUT2D eigenvalue weighted by molar-refractivity contribution is 1.62. The minimum absolute atomic E-state index is 1.28. The molecule has 0 saturated heterocycles. The van der Waals surface area contributed by atoms with Crippen LogP contribution in [-0.2, 0) is 0 Å². The molecule has 0 aliphatic rings. The SMILES string of the molecule is Ic1ccccc1.c1ccc(-c2ccccc2)cc1. The van der Waals surface area contributed by atoms with E-state index in [4.69, 9.17) is 0 Å². The van der Waals surface area contributed by atoms with E-state index in [-0.39, 0.29) is 0 Å². The highest BCUT2D eigenvalue weighted by molar-refractivity contribution is 14.1. The first-order valence-electron chi connectivity index (χ1n) is 6.17. The Morgan fingerprint density at radius 3 is 1.00 bits per heavy atom. The van der Waals surface area contributed by atoms with Crippen molar-refractivity contribution in [2.45, 2.75) is 0 Å². The zero-order chi connectivity index (χ0) is 13.3. The van der Waals surface area contributed by atoms with Gasteiger partial charge in [-0.15, -0.1) is 0 Å². The van der Waals surface area contributed by atoms with Crippen LogP contribution in [-0.4, -0.2) is 0 Å². The highest BCUT2D eigenvalue weighted by atomic mass is 127. The Bertz CT molecular complexity index is 536. The van der Waals surface area contributed by atoms with Crippen molar-refractivity contribution in [3.63, 3.8) is 0 Å². The number of rotatable bonds is 1. The zero-order valence-corrected chi connectivity index (χ0v) is 12.7. The van der Waals surface area contributed by atoms with Crippen LogP contribution in [0.2, 0.25) is 0 Å². The van der Waals surface area contributed by atoms with Gasteiger partial charge in [0, 0.05) is 3.57 Å². The Morgan fingerprint density at radius 2 is 0.737 bits per heavy atom. The Morgan fingerprint density at radius 1 is 0.421 bits per heavy atom. The van der Waals surface area contributed by atoms with Crippen LogP contribution in [0.4, 0.5) is 0 Å². The third kappa shape index (κ3) is 4.87. The van der Waals surface area contributed by atoms with Gasteiger partial charge in [-0.2, -0.15) is 0 Å². The van der Waals surface area contributed by atoms with E-state index in [2.05, 4.69) is 83.3 Å². The zero-order valence-electron chi connectivity index (χ0n) is 10.5. The van der Waals surface area contributed by atoms with Gasteiger partial charge in [0.25, 0.3) is 0 Å². The highest BCUT2D eigenvalue weighted by Gasteiger charge is 1.91. The molecule has 0 spiro atoms. The first kappa shape index (κ1) is 13.8. The van der Waals surface area contributed by atoms with Gasteiger partial charge in [-0.1, -0.05) is 78.9 Å². The minimum Gasteiger partial charge on any atom is -0.0622 e. The number of hydrogen-bond acceptors (Lipinski definition) is 0. The third-order valence-electron chi connectivity index (χ3n) is 2.61. The van der Waals surface area contributed by atoms with E-state index >= 15 is 0 Å². The molecule has 94 valence electrons. The summed E-state index contributed by atoms with van der Waals surface area (Å²) in [5.41, 5.74) is 2.55. The minimum atomic E-state index is 1.28. The molecular weight excluding hydrogens is 343 g/mol.